The minimum Gasteiger partial charge on any atom is -0.469 e. The third-order valence-electron chi connectivity index (χ3n) is 5.27. The summed E-state index contributed by atoms with van der Waals surface area (Å²) in [6.45, 7) is 4.08. The first-order valence-electron chi connectivity index (χ1n) is 9.75. The zero-order valence-electron chi connectivity index (χ0n) is 16.9. The Bertz CT molecular complexity index is 1170. The maximum atomic E-state index is 12.4. The summed E-state index contributed by atoms with van der Waals surface area (Å²) < 4.78 is 10.7. The first-order valence-corrected chi connectivity index (χ1v) is 9.75. The average Bonchev–Trinajstić information content (AvgIpc) is 3.38. The van der Waals surface area contributed by atoms with E-state index in [1.165, 1.54) is 7.11 Å². The number of carbonyl (C=O) groups excluding carboxylic acids is 2. The van der Waals surface area contributed by atoms with Gasteiger partial charge in [-0.05, 0) is 48.7 Å². The second-order valence-electron chi connectivity index (χ2n) is 7.72. The Kier molecular flexibility index (Phi) is 5.00. The smallest absolute Gasteiger partial charge is 0.310 e. The van der Waals surface area contributed by atoms with Gasteiger partial charge in [-0.1, -0.05) is 13.8 Å². The van der Waals surface area contributed by atoms with E-state index < -0.39 is 0 Å². The molecule has 7 nitrogen and oxygen atoms in total. The van der Waals surface area contributed by atoms with E-state index in [9.17, 15) is 14.9 Å². The van der Waals surface area contributed by atoms with E-state index in [-0.39, 0.29) is 29.8 Å². The number of nitrogens with zero attached hydrogens (tertiary/aromatic N) is 2. The van der Waals surface area contributed by atoms with Crippen LogP contribution in [0.15, 0.2) is 40.8 Å². The first kappa shape index (κ1) is 19.6. The largest absolute Gasteiger partial charge is 0.469 e. The molecule has 1 aliphatic carbocycles. The predicted molar refractivity (Wildman–Crippen MR) is 110 cm³/mol. The first-order chi connectivity index (χ1) is 14.4. The maximum Gasteiger partial charge on any atom is 0.310 e. The van der Waals surface area contributed by atoms with Gasteiger partial charge in [-0.15, -0.1) is 0 Å². The normalized spacial score (nSPS) is 17.6. The van der Waals surface area contributed by atoms with Gasteiger partial charge in [0.25, 0.3) is 5.91 Å². The topological polar surface area (TPSA) is 105 Å². The molecule has 4 rings (SSSR count). The number of rotatable bonds is 5. The number of aromatic nitrogens is 1. The minimum absolute atomic E-state index is 0.176. The van der Waals surface area contributed by atoms with Crippen molar-refractivity contribution >= 4 is 23.0 Å². The molecule has 1 amide bonds. The number of oxazole rings is 1. The lowest BCUT2D eigenvalue weighted by atomic mass is 10.00. The molecular formula is C23H21N3O4. The Labute approximate surface area is 173 Å². The summed E-state index contributed by atoms with van der Waals surface area (Å²) in [5, 5.41) is 12.1. The van der Waals surface area contributed by atoms with Crippen LogP contribution in [0.1, 0.15) is 47.7 Å². The van der Waals surface area contributed by atoms with Crippen LogP contribution in [0, 0.1) is 17.2 Å². The maximum absolute atomic E-state index is 12.4. The zero-order valence-corrected chi connectivity index (χ0v) is 16.9. The molecule has 0 radical (unpaired) electrons. The molecular weight excluding hydrogens is 382 g/mol. The van der Waals surface area contributed by atoms with Crippen LogP contribution < -0.4 is 5.32 Å². The summed E-state index contributed by atoms with van der Waals surface area (Å²) in [5.41, 5.74) is 4.00. The number of fused-ring (bicyclic) bond motifs is 1. The van der Waals surface area contributed by atoms with Crippen molar-refractivity contribution in [3.8, 4) is 17.5 Å². The lowest BCUT2D eigenvalue weighted by molar-refractivity contribution is -0.142. The number of ether oxygens (including phenoxy) is 1. The fraction of sp³-hybridized carbons (Fsp3) is 0.304. The summed E-state index contributed by atoms with van der Waals surface area (Å²) in [6, 6.07) is 12.5. The van der Waals surface area contributed by atoms with Crippen LogP contribution in [0.3, 0.4) is 0 Å². The molecule has 0 spiro atoms. The van der Waals surface area contributed by atoms with Crippen LogP contribution >= 0.6 is 0 Å². The molecule has 1 N–H and O–H groups in total. The molecule has 3 aromatic rings. The highest BCUT2D eigenvalue weighted by Gasteiger charge is 2.45. The second kappa shape index (κ2) is 7.64. The van der Waals surface area contributed by atoms with Crippen molar-refractivity contribution in [3.63, 3.8) is 0 Å². The second-order valence-corrected chi connectivity index (χ2v) is 7.72. The molecule has 1 saturated carbocycles. The van der Waals surface area contributed by atoms with E-state index in [4.69, 9.17) is 9.15 Å². The van der Waals surface area contributed by atoms with Crippen molar-refractivity contribution in [3.05, 3.63) is 53.1 Å². The van der Waals surface area contributed by atoms with Crippen molar-refractivity contribution in [1.82, 2.24) is 10.3 Å². The Morgan fingerprint density at radius 1 is 1.27 bits per heavy atom. The lowest BCUT2D eigenvalue weighted by Gasteiger charge is -2.05. The summed E-state index contributed by atoms with van der Waals surface area (Å²) in [7, 11) is 1.34. The van der Waals surface area contributed by atoms with Crippen molar-refractivity contribution in [2.75, 3.05) is 7.11 Å². The van der Waals surface area contributed by atoms with Crippen LogP contribution in [0.25, 0.3) is 22.6 Å². The Morgan fingerprint density at radius 3 is 2.63 bits per heavy atom. The number of esters is 1. The Morgan fingerprint density at radius 2 is 2.00 bits per heavy atom. The summed E-state index contributed by atoms with van der Waals surface area (Å²) >= 11 is 0. The molecule has 1 unspecified atom stereocenters. The third kappa shape index (κ3) is 3.64. The summed E-state index contributed by atoms with van der Waals surface area (Å²) in [6.07, 6.45) is 0.599. The molecule has 1 aromatic heterocycles. The number of hydrogen-bond acceptors (Lipinski definition) is 6. The van der Waals surface area contributed by atoms with Crippen LogP contribution in [0.2, 0.25) is 0 Å². The Hall–Kier alpha value is -3.66. The SMILES string of the molecule is COC(=O)C1C[C@H]1NC(=O)c1ccc(-c2nc3cc(C#N)cc(C(C)C)c3o2)cc1. The average molecular weight is 403 g/mol. The number of amides is 1. The van der Waals surface area contributed by atoms with Crippen molar-refractivity contribution < 1.29 is 18.7 Å². The number of methoxy groups -OCH3 is 1. The van der Waals surface area contributed by atoms with Gasteiger partial charge in [-0.3, -0.25) is 9.59 Å². The number of nitrogens with one attached hydrogen (secondary N) is 1. The van der Waals surface area contributed by atoms with E-state index >= 15 is 0 Å². The molecule has 152 valence electrons. The van der Waals surface area contributed by atoms with E-state index in [0.717, 1.165) is 11.1 Å². The minimum atomic E-state index is -0.299. The molecule has 1 heterocycles. The number of nitriles is 1. The third-order valence-corrected chi connectivity index (χ3v) is 5.27. The van der Waals surface area contributed by atoms with E-state index in [1.807, 2.05) is 19.9 Å². The van der Waals surface area contributed by atoms with Gasteiger partial charge >= 0.3 is 5.97 Å². The van der Waals surface area contributed by atoms with Crippen LogP contribution in [0.5, 0.6) is 0 Å². The highest BCUT2D eigenvalue weighted by atomic mass is 16.5. The molecule has 0 aliphatic heterocycles. The van der Waals surface area contributed by atoms with Gasteiger partial charge in [0.1, 0.15) is 5.52 Å². The van der Waals surface area contributed by atoms with Crippen LogP contribution in [-0.4, -0.2) is 30.0 Å². The predicted octanol–water partition coefficient (Wildman–Crippen LogP) is 3.78. The standard InChI is InChI=1S/C23H21N3O4/c1-12(2)16-8-13(11-24)9-19-20(16)30-22(26-19)15-6-4-14(5-7-15)21(27)25-18-10-17(18)23(28)29-3/h4-9,12,17-18H,10H2,1-3H3,(H,25,27)/t17?,18-/m1/s1. The fourth-order valence-corrected chi connectivity index (χ4v) is 3.46. The van der Waals surface area contributed by atoms with Crippen LogP contribution in [-0.2, 0) is 9.53 Å². The van der Waals surface area contributed by atoms with Gasteiger partial charge in [0.15, 0.2) is 5.58 Å². The Balaban J connectivity index is 1.55. The molecule has 0 bridgehead atoms. The van der Waals surface area contributed by atoms with Gasteiger partial charge in [0.05, 0.1) is 24.7 Å². The van der Waals surface area contributed by atoms with Gasteiger partial charge in [-0.25, -0.2) is 4.98 Å². The highest BCUT2D eigenvalue weighted by Crippen LogP contribution is 2.33. The quantitative estimate of drug-likeness (QED) is 0.650. The van der Waals surface area contributed by atoms with E-state index in [1.54, 1.807) is 30.3 Å². The molecule has 0 saturated heterocycles. The lowest BCUT2D eigenvalue weighted by Crippen LogP contribution is -2.28. The van der Waals surface area contributed by atoms with Gasteiger partial charge in [0, 0.05) is 22.7 Å². The number of hydrogen-bond donors (Lipinski definition) is 1. The van der Waals surface area contributed by atoms with Crippen LogP contribution in [0.4, 0.5) is 0 Å². The van der Waals surface area contributed by atoms with Crippen molar-refractivity contribution in [2.24, 2.45) is 5.92 Å². The van der Waals surface area contributed by atoms with E-state index in [2.05, 4.69) is 16.4 Å². The summed E-state index contributed by atoms with van der Waals surface area (Å²) in [5.74, 6) is -0.180. The van der Waals surface area contributed by atoms with Crippen molar-refractivity contribution in [1.29, 1.82) is 5.26 Å². The van der Waals surface area contributed by atoms with Gasteiger partial charge in [0.2, 0.25) is 5.89 Å². The van der Waals surface area contributed by atoms with Gasteiger partial charge in [-0.2, -0.15) is 5.26 Å². The molecule has 7 heteroatoms. The number of benzene rings is 2. The highest BCUT2D eigenvalue weighted by molar-refractivity contribution is 5.95. The zero-order chi connectivity index (χ0) is 21.4. The summed E-state index contributed by atoms with van der Waals surface area (Å²) in [4.78, 5) is 28.4. The van der Waals surface area contributed by atoms with E-state index in [0.29, 0.717) is 34.5 Å². The molecule has 30 heavy (non-hydrogen) atoms. The fourth-order valence-electron chi connectivity index (χ4n) is 3.46. The molecule has 2 aromatic carbocycles. The number of carbonyl (C=O) groups is 2. The molecule has 1 aliphatic rings. The molecule has 2 atom stereocenters. The van der Waals surface area contributed by atoms with Crippen molar-refractivity contribution in [2.45, 2.75) is 32.2 Å². The monoisotopic (exact) mass is 403 g/mol. The molecule has 1 fully saturated rings. The van der Waals surface area contributed by atoms with Gasteiger partial charge < -0.3 is 14.5 Å².